The van der Waals surface area contributed by atoms with Crippen molar-refractivity contribution in [1.29, 1.82) is 0 Å². The van der Waals surface area contributed by atoms with Gasteiger partial charge in [-0.05, 0) is 66.4 Å². The van der Waals surface area contributed by atoms with Gasteiger partial charge in [-0.3, -0.25) is 4.57 Å². The Morgan fingerprint density at radius 1 is 0.558 bits per heavy atom. The molecular formula is C47H32N4S. The van der Waals surface area contributed by atoms with Crippen LogP contribution in [-0.2, 0) is 0 Å². The largest absolute Gasteiger partial charge is 0.309 e. The van der Waals surface area contributed by atoms with Crippen LogP contribution in [0.4, 0.5) is 0 Å². The van der Waals surface area contributed by atoms with Gasteiger partial charge in [0.25, 0.3) is 0 Å². The second-order valence-electron chi connectivity index (χ2n) is 13.1. The highest BCUT2D eigenvalue weighted by molar-refractivity contribution is 7.20. The van der Waals surface area contributed by atoms with Gasteiger partial charge in [-0.15, -0.1) is 11.3 Å². The van der Waals surface area contributed by atoms with E-state index in [2.05, 4.69) is 168 Å². The van der Waals surface area contributed by atoms with E-state index in [1.807, 2.05) is 18.2 Å². The summed E-state index contributed by atoms with van der Waals surface area (Å²) in [6, 6.07) is 51.7. The van der Waals surface area contributed by atoms with Gasteiger partial charge in [-0.2, -0.15) is 0 Å². The average Bonchev–Trinajstić information content (AvgIpc) is 3.83. The van der Waals surface area contributed by atoms with Crippen molar-refractivity contribution in [2.24, 2.45) is 0 Å². The number of nitrogens with zero attached hydrogens (tertiary/aromatic N) is 4. The minimum Gasteiger partial charge on any atom is -0.309 e. The monoisotopic (exact) mass is 684 g/mol. The van der Waals surface area contributed by atoms with Crippen molar-refractivity contribution in [2.45, 2.75) is 6.92 Å². The van der Waals surface area contributed by atoms with Crippen molar-refractivity contribution < 1.29 is 0 Å². The van der Waals surface area contributed by atoms with Crippen LogP contribution in [0.3, 0.4) is 0 Å². The highest BCUT2D eigenvalue weighted by Crippen LogP contribution is 2.42. The summed E-state index contributed by atoms with van der Waals surface area (Å²) in [4.78, 5) is 12.0. The second-order valence-corrected chi connectivity index (χ2v) is 14.2. The second kappa shape index (κ2) is 12.0. The summed E-state index contributed by atoms with van der Waals surface area (Å²) in [6.45, 7) is 6.08. The smallest absolute Gasteiger partial charge is 0.235 e. The normalized spacial score (nSPS) is 11.9. The van der Waals surface area contributed by atoms with E-state index in [1.165, 1.54) is 42.3 Å². The molecule has 0 saturated carbocycles. The molecule has 0 aliphatic heterocycles. The third kappa shape index (κ3) is 4.67. The first-order chi connectivity index (χ1) is 25.7. The number of benzene rings is 6. The molecule has 6 aromatic carbocycles. The summed E-state index contributed by atoms with van der Waals surface area (Å²) in [5.74, 6) is 0.644. The molecule has 52 heavy (non-hydrogen) atoms. The van der Waals surface area contributed by atoms with Gasteiger partial charge in [0, 0.05) is 47.9 Å². The van der Waals surface area contributed by atoms with Crippen LogP contribution < -0.4 is 0 Å². The van der Waals surface area contributed by atoms with Crippen LogP contribution >= 0.6 is 11.3 Å². The maximum Gasteiger partial charge on any atom is 0.235 e. The predicted molar refractivity (Wildman–Crippen MR) is 221 cm³/mol. The van der Waals surface area contributed by atoms with Crippen LogP contribution in [0.2, 0.25) is 0 Å². The minimum atomic E-state index is 0.644. The number of allylic oxidation sites excluding steroid dienone is 2. The van der Waals surface area contributed by atoms with Crippen molar-refractivity contribution in [3.05, 3.63) is 175 Å². The summed E-state index contributed by atoms with van der Waals surface area (Å²) in [5.41, 5.74) is 10.8. The SMILES string of the molecule is C=C/C=C\c1sc2c(-c3cc(-c4ccccc4)nc(-n4c5ccccc5c5cc6c(cc54)c4ccccc4n6-c4ccccc4)n3)cccc2c1C. The lowest BCUT2D eigenvalue weighted by atomic mass is 10.0. The number of rotatable bonds is 6. The Balaban J connectivity index is 1.29. The molecule has 0 atom stereocenters. The van der Waals surface area contributed by atoms with Crippen LogP contribution in [0.15, 0.2) is 164 Å². The maximum absolute atomic E-state index is 5.44. The Labute approximate surface area is 304 Å². The minimum absolute atomic E-state index is 0.644. The van der Waals surface area contributed by atoms with Crippen LogP contribution in [-0.4, -0.2) is 19.1 Å². The third-order valence-electron chi connectivity index (χ3n) is 10.1. The van der Waals surface area contributed by atoms with Crippen molar-refractivity contribution in [3.63, 3.8) is 0 Å². The summed E-state index contributed by atoms with van der Waals surface area (Å²) in [5, 5.41) is 5.96. The zero-order valence-electron chi connectivity index (χ0n) is 28.5. The Kier molecular flexibility index (Phi) is 7.01. The molecule has 10 aromatic rings. The molecule has 4 nitrogen and oxygen atoms in total. The molecule has 0 saturated heterocycles. The summed E-state index contributed by atoms with van der Waals surface area (Å²) in [6.07, 6.45) is 5.97. The standard InChI is InChI=1S/C47H32N4S/c1-3-4-26-45-30(2)33-22-15-23-36(46(33)52-45)40-29-39(31-16-7-5-8-17-31)48-47(49-40)51-42-25-14-12-21-35(42)38-27-43-37(28-44(38)51)34-20-11-13-24-41(34)50(43)32-18-9-6-10-19-32/h3-29H,1H2,2H3/b26-4-. The quantitative estimate of drug-likeness (QED) is 0.163. The van der Waals surface area contributed by atoms with Crippen LogP contribution in [0.1, 0.15) is 10.4 Å². The van der Waals surface area contributed by atoms with Crippen molar-refractivity contribution >= 4 is 71.1 Å². The number of hydrogen-bond acceptors (Lipinski definition) is 3. The molecule has 0 aliphatic rings. The van der Waals surface area contributed by atoms with Gasteiger partial charge in [-0.1, -0.05) is 122 Å². The topological polar surface area (TPSA) is 35.6 Å². The Morgan fingerprint density at radius 2 is 1.15 bits per heavy atom. The van der Waals surface area contributed by atoms with Crippen molar-refractivity contribution in [3.8, 4) is 34.2 Å². The molecule has 0 N–H and O–H groups in total. The fourth-order valence-corrected chi connectivity index (χ4v) is 8.95. The van der Waals surface area contributed by atoms with Gasteiger partial charge in [0.2, 0.25) is 5.95 Å². The van der Waals surface area contributed by atoms with Gasteiger partial charge in [0.15, 0.2) is 0 Å². The highest BCUT2D eigenvalue weighted by atomic mass is 32.1. The van der Waals surface area contributed by atoms with E-state index in [0.29, 0.717) is 5.95 Å². The van der Waals surface area contributed by atoms with E-state index >= 15 is 0 Å². The molecular weight excluding hydrogens is 653 g/mol. The Hall–Kier alpha value is -6.56. The Bertz CT molecular complexity index is 3030. The molecule has 4 aromatic heterocycles. The van der Waals surface area contributed by atoms with Gasteiger partial charge in [-0.25, -0.2) is 9.97 Å². The molecule has 5 heteroatoms. The summed E-state index contributed by atoms with van der Waals surface area (Å²) >= 11 is 1.79. The maximum atomic E-state index is 5.44. The first-order valence-electron chi connectivity index (χ1n) is 17.5. The lowest BCUT2D eigenvalue weighted by molar-refractivity contribution is 0.997. The number of para-hydroxylation sites is 3. The molecule has 0 aliphatic carbocycles. The Morgan fingerprint density at radius 3 is 1.87 bits per heavy atom. The number of thiophene rings is 1. The third-order valence-corrected chi connectivity index (χ3v) is 11.4. The number of aromatic nitrogens is 4. The molecule has 0 spiro atoms. The molecule has 10 rings (SSSR count). The lowest BCUT2D eigenvalue weighted by Gasteiger charge is -2.12. The van der Waals surface area contributed by atoms with Gasteiger partial charge < -0.3 is 4.57 Å². The van der Waals surface area contributed by atoms with E-state index in [9.17, 15) is 0 Å². The van der Waals surface area contributed by atoms with Crippen LogP contribution in [0, 0.1) is 6.92 Å². The highest BCUT2D eigenvalue weighted by Gasteiger charge is 2.21. The van der Waals surface area contributed by atoms with Crippen molar-refractivity contribution in [2.75, 3.05) is 0 Å². The average molecular weight is 685 g/mol. The summed E-state index contributed by atoms with van der Waals surface area (Å²) in [7, 11) is 0. The van der Waals surface area contributed by atoms with Crippen LogP contribution in [0.25, 0.3) is 93.9 Å². The fraction of sp³-hybridized carbons (Fsp3) is 0.0213. The lowest BCUT2D eigenvalue weighted by Crippen LogP contribution is -2.04. The van der Waals surface area contributed by atoms with E-state index in [0.717, 1.165) is 50.0 Å². The first-order valence-corrected chi connectivity index (χ1v) is 18.3. The number of aryl methyl sites for hydroxylation is 1. The summed E-state index contributed by atoms with van der Waals surface area (Å²) < 4.78 is 5.85. The number of hydrogen-bond donors (Lipinski definition) is 0. The van der Waals surface area contributed by atoms with E-state index in [4.69, 9.17) is 9.97 Å². The van der Waals surface area contributed by atoms with Gasteiger partial charge in [0.05, 0.1) is 33.5 Å². The zero-order valence-corrected chi connectivity index (χ0v) is 29.3. The fourth-order valence-electron chi connectivity index (χ4n) is 7.71. The molecule has 4 heterocycles. The molecule has 0 bridgehead atoms. The molecule has 0 unspecified atom stereocenters. The zero-order chi connectivity index (χ0) is 34.8. The molecule has 246 valence electrons. The van der Waals surface area contributed by atoms with E-state index in [1.54, 1.807) is 11.3 Å². The number of fused-ring (bicyclic) bond motifs is 7. The predicted octanol–water partition coefficient (Wildman–Crippen LogP) is 12.7. The van der Waals surface area contributed by atoms with Gasteiger partial charge in [0.1, 0.15) is 0 Å². The van der Waals surface area contributed by atoms with Crippen molar-refractivity contribution in [1.82, 2.24) is 19.1 Å². The van der Waals surface area contributed by atoms with E-state index < -0.39 is 0 Å². The van der Waals surface area contributed by atoms with E-state index in [-0.39, 0.29) is 0 Å². The van der Waals surface area contributed by atoms with Crippen LogP contribution in [0.5, 0.6) is 0 Å². The molecule has 0 amide bonds. The first kappa shape index (κ1) is 30.3. The molecule has 0 radical (unpaired) electrons. The van der Waals surface area contributed by atoms with Gasteiger partial charge >= 0.3 is 0 Å². The molecule has 0 fully saturated rings.